The third-order valence-electron chi connectivity index (χ3n) is 13.8. The van der Waals surface area contributed by atoms with Crippen LogP contribution in [-0.2, 0) is 14.3 Å². The van der Waals surface area contributed by atoms with Gasteiger partial charge >= 0.3 is 5.97 Å². The average Bonchev–Trinajstić information content (AvgIpc) is 3.30. The van der Waals surface area contributed by atoms with Crippen molar-refractivity contribution in [3.05, 3.63) is 11.6 Å². The lowest BCUT2D eigenvalue weighted by Gasteiger charge is -2.55. The van der Waals surface area contributed by atoms with Gasteiger partial charge in [0.2, 0.25) is 5.91 Å². The average molecular weight is 670 g/mol. The van der Waals surface area contributed by atoms with E-state index in [0.717, 1.165) is 93.8 Å². The number of amides is 1. The fourth-order valence-electron chi connectivity index (χ4n) is 11.1. The lowest BCUT2D eigenvalue weighted by molar-refractivity contribution is -0.153. The Morgan fingerprint density at radius 3 is 2.15 bits per heavy atom. The van der Waals surface area contributed by atoms with Crippen LogP contribution < -0.4 is 0 Å². The smallest absolute Gasteiger partial charge is 0.306 e. The molecule has 276 valence electrons. The van der Waals surface area contributed by atoms with Gasteiger partial charge in [-0.05, 0) is 152 Å². The minimum absolute atomic E-state index is 0.0452. The van der Waals surface area contributed by atoms with Gasteiger partial charge in [0.25, 0.3) is 0 Å². The van der Waals surface area contributed by atoms with Gasteiger partial charge in [-0.25, -0.2) is 0 Å². The third-order valence-corrected chi connectivity index (χ3v) is 13.8. The van der Waals surface area contributed by atoms with Crippen molar-refractivity contribution in [1.29, 1.82) is 0 Å². The molecule has 3 fully saturated rings. The van der Waals surface area contributed by atoms with Gasteiger partial charge in [-0.1, -0.05) is 65.5 Å². The van der Waals surface area contributed by atoms with E-state index in [1.807, 2.05) is 4.90 Å². The lowest BCUT2D eigenvalue weighted by atomic mass is 9.49. The molecule has 0 aromatic rings. The van der Waals surface area contributed by atoms with Gasteiger partial charge in [0.1, 0.15) is 6.10 Å². The van der Waals surface area contributed by atoms with Crippen molar-refractivity contribution in [2.24, 2.45) is 46.3 Å². The highest BCUT2D eigenvalue weighted by molar-refractivity contribution is 5.81. The molecule has 4 aliphatic carbocycles. The predicted molar refractivity (Wildman–Crippen MR) is 200 cm³/mol. The first kappa shape index (κ1) is 39.4. The molecule has 0 spiro atoms. The summed E-state index contributed by atoms with van der Waals surface area (Å²) in [5.41, 5.74) is 2.32. The first-order valence-corrected chi connectivity index (χ1v) is 20.2. The molecular weight excluding hydrogens is 594 g/mol. The second-order valence-electron chi connectivity index (χ2n) is 18.2. The molecule has 0 heterocycles. The van der Waals surface area contributed by atoms with Crippen LogP contribution in [-0.4, -0.2) is 87.0 Å². The Morgan fingerprint density at radius 2 is 1.50 bits per heavy atom. The summed E-state index contributed by atoms with van der Waals surface area (Å²) >= 11 is 0. The number of carbonyl (C=O) groups is 2. The van der Waals surface area contributed by atoms with Crippen LogP contribution in [0, 0.1) is 46.3 Å². The summed E-state index contributed by atoms with van der Waals surface area (Å²) in [6.07, 6.45) is 20.1. The Hall–Kier alpha value is -1.40. The Balaban J connectivity index is 1.30. The number of hydrogen-bond donors (Lipinski definition) is 0. The number of esters is 1. The summed E-state index contributed by atoms with van der Waals surface area (Å²) in [7, 11) is 8.27. The molecule has 0 radical (unpaired) electrons. The van der Waals surface area contributed by atoms with Crippen molar-refractivity contribution in [1.82, 2.24) is 14.7 Å². The maximum absolute atomic E-state index is 13.2. The zero-order valence-corrected chi connectivity index (χ0v) is 32.8. The Labute approximate surface area is 296 Å². The van der Waals surface area contributed by atoms with Gasteiger partial charge in [0, 0.05) is 25.9 Å². The second-order valence-corrected chi connectivity index (χ2v) is 18.2. The molecule has 4 aliphatic rings. The van der Waals surface area contributed by atoms with Crippen molar-refractivity contribution < 1.29 is 14.3 Å². The van der Waals surface area contributed by atoms with Crippen molar-refractivity contribution in [3.63, 3.8) is 0 Å². The molecule has 8 atom stereocenters. The Kier molecular flexibility index (Phi) is 14.5. The van der Waals surface area contributed by atoms with Crippen LogP contribution in [0.5, 0.6) is 0 Å². The zero-order chi connectivity index (χ0) is 35.1. The van der Waals surface area contributed by atoms with Crippen molar-refractivity contribution in [2.75, 3.05) is 54.4 Å². The highest BCUT2D eigenvalue weighted by atomic mass is 16.5. The maximum atomic E-state index is 13.2. The normalized spacial score (nSPS) is 32.3. The third kappa shape index (κ3) is 9.89. The molecule has 48 heavy (non-hydrogen) atoms. The molecule has 4 rings (SSSR count). The molecule has 0 aliphatic heterocycles. The van der Waals surface area contributed by atoms with E-state index < -0.39 is 0 Å². The van der Waals surface area contributed by atoms with Crippen LogP contribution in [0.4, 0.5) is 0 Å². The van der Waals surface area contributed by atoms with Crippen LogP contribution >= 0.6 is 0 Å². The molecule has 0 N–H and O–H groups in total. The Bertz CT molecular complexity index is 1060. The van der Waals surface area contributed by atoms with Crippen LogP contribution in [0.1, 0.15) is 137 Å². The van der Waals surface area contributed by atoms with Gasteiger partial charge in [0.05, 0.1) is 6.42 Å². The van der Waals surface area contributed by atoms with E-state index in [0.29, 0.717) is 5.41 Å². The van der Waals surface area contributed by atoms with E-state index in [-0.39, 0.29) is 36.2 Å². The number of carbonyl (C=O) groups excluding carboxylic acids is 2. The molecule has 0 bridgehead atoms. The van der Waals surface area contributed by atoms with E-state index in [2.05, 4.69) is 78.7 Å². The van der Waals surface area contributed by atoms with Gasteiger partial charge < -0.3 is 19.4 Å². The van der Waals surface area contributed by atoms with Crippen LogP contribution in [0.15, 0.2) is 11.6 Å². The molecule has 3 saturated carbocycles. The van der Waals surface area contributed by atoms with Gasteiger partial charge in [-0.15, -0.1) is 0 Å². The molecule has 0 aromatic carbocycles. The number of allylic oxidation sites excluding steroid dienone is 1. The fraction of sp³-hybridized carbons (Fsp3) is 0.905. The largest absolute Gasteiger partial charge is 0.462 e. The number of nitrogens with zero attached hydrogens (tertiary/aromatic N) is 3. The lowest BCUT2D eigenvalue weighted by Crippen LogP contribution is -2.48. The summed E-state index contributed by atoms with van der Waals surface area (Å²) in [5.74, 6) is 4.91. The molecule has 1 amide bonds. The standard InChI is InChI=1S/C42H75N3O3/c1-31(2)14-10-15-32(3)36-18-19-37-35-17-11-16-33-30-34(22-24-41(33,4)38(35)23-25-42(36,37)5)48-40(47)21-20-39(46)45(28-12-26-43(6)7)29-13-27-44(8)9/h16,31-32,34-38H,10-15,17-30H2,1-9H3. The SMILES string of the molecule is CC(C)CCCC(C)C1CCC2C3CCC=C4CC(OC(=O)CCC(=O)N(CCCN(C)C)CCCN(C)C)CCC4(C)C3CCC12C. The van der Waals surface area contributed by atoms with E-state index in [9.17, 15) is 9.59 Å². The van der Waals surface area contributed by atoms with Gasteiger partial charge in [-0.2, -0.15) is 0 Å². The van der Waals surface area contributed by atoms with Crippen LogP contribution in [0.3, 0.4) is 0 Å². The molecule has 6 heteroatoms. The first-order chi connectivity index (χ1) is 22.7. The monoisotopic (exact) mass is 670 g/mol. The highest BCUT2D eigenvalue weighted by Crippen LogP contribution is 2.66. The number of fused-ring (bicyclic) bond motifs is 5. The summed E-state index contributed by atoms with van der Waals surface area (Å²) in [6.45, 7) is 16.0. The van der Waals surface area contributed by atoms with E-state index in [4.69, 9.17) is 4.74 Å². The summed E-state index contributed by atoms with van der Waals surface area (Å²) in [4.78, 5) is 32.6. The molecule has 6 nitrogen and oxygen atoms in total. The second kappa shape index (κ2) is 17.7. The van der Waals surface area contributed by atoms with Crippen LogP contribution in [0.25, 0.3) is 0 Å². The first-order valence-electron chi connectivity index (χ1n) is 20.2. The summed E-state index contributed by atoms with van der Waals surface area (Å²) in [5, 5.41) is 0. The Morgan fingerprint density at radius 1 is 0.812 bits per heavy atom. The predicted octanol–water partition coefficient (Wildman–Crippen LogP) is 8.84. The maximum Gasteiger partial charge on any atom is 0.306 e. The van der Waals surface area contributed by atoms with Crippen molar-refractivity contribution >= 4 is 11.9 Å². The number of hydrogen-bond acceptors (Lipinski definition) is 5. The molecule has 0 saturated heterocycles. The van der Waals surface area contributed by atoms with Gasteiger partial charge in [-0.3, -0.25) is 9.59 Å². The summed E-state index contributed by atoms with van der Waals surface area (Å²) in [6, 6.07) is 0. The summed E-state index contributed by atoms with van der Waals surface area (Å²) < 4.78 is 6.13. The number of ether oxygens (including phenoxy) is 1. The van der Waals surface area contributed by atoms with E-state index >= 15 is 0 Å². The quantitative estimate of drug-likeness (QED) is 0.114. The molecule has 0 aromatic heterocycles. The van der Waals surface area contributed by atoms with Gasteiger partial charge in [0.15, 0.2) is 0 Å². The highest BCUT2D eigenvalue weighted by Gasteiger charge is 2.58. The van der Waals surface area contributed by atoms with Crippen LogP contribution in [0.2, 0.25) is 0 Å². The molecular formula is C42H75N3O3. The minimum atomic E-state index is -0.196. The van der Waals surface area contributed by atoms with Crippen molar-refractivity contribution in [2.45, 2.75) is 143 Å². The van der Waals surface area contributed by atoms with E-state index in [1.54, 1.807) is 5.57 Å². The number of rotatable bonds is 17. The topological polar surface area (TPSA) is 53.1 Å². The minimum Gasteiger partial charge on any atom is -0.462 e. The molecule has 8 unspecified atom stereocenters. The van der Waals surface area contributed by atoms with E-state index in [1.165, 1.54) is 57.8 Å². The zero-order valence-electron chi connectivity index (χ0n) is 32.8. The van der Waals surface area contributed by atoms with Crippen molar-refractivity contribution in [3.8, 4) is 0 Å². The fourth-order valence-corrected chi connectivity index (χ4v) is 11.1.